The Balaban J connectivity index is 2.31. The van der Waals surface area contributed by atoms with Crippen LogP contribution in [-0.4, -0.2) is 35.2 Å². The summed E-state index contributed by atoms with van der Waals surface area (Å²) in [4.78, 5) is 11.7. The Morgan fingerprint density at radius 3 is 2.94 bits per heavy atom. The van der Waals surface area contributed by atoms with Crippen molar-refractivity contribution in [3.63, 3.8) is 0 Å². The molecular formula is C12H15FN2O2. The molecule has 1 atom stereocenters. The van der Waals surface area contributed by atoms with E-state index in [9.17, 15) is 9.18 Å². The normalized spacial score (nSPS) is 20.2. The average Bonchev–Trinajstić information content (AvgIpc) is 2.54. The van der Waals surface area contributed by atoms with Crippen molar-refractivity contribution in [2.45, 2.75) is 19.4 Å². The Labute approximate surface area is 99.2 Å². The Morgan fingerprint density at radius 2 is 2.29 bits per heavy atom. The summed E-state index contributed by atoms with van der Waals surface area (Å²) in [6, 6.07) is 6.10. The van der Waals surface area contributed by atoms with Crippen molar-refractivity contribution in [3.05, 3.63) is 30.1 Å². The summed E-state index contributed by atoms with van der Waals surface area (Å²) >= 11 is 0. The monoisotopic (exact) mass is 238 g/mol. The number of hydrogen-bond donors (Lipinski definition) is 1. The fourth-order valence-electron chi connectivity index (χ4n) is 2.14. The zero-order valence-corrected chi connectivity index (χ0v) is 9.64. The fourth-order valence-corrected chi connectivity index (χ4v) is 2.14. The second-order valence-corrected chi connectivity index (χ2v) is 4.12. The first-order chi connectivity index (χ1) is 8.13. The molecule has 1 aliphatic rings. The lowest BCUT2D eigenvalue weighted by atomic mass is 10.2. The van der Waals surface area contributed by atoms with E-state index in [0.29, 0.717) is 12.1 Å². The number of β-amino-alcohol motifs (C(OH)–C–C–N with tert-alkyl or cyclic N) is 1. The third-order valence-electron chi connectivity index (χ3n) is 2.82. The molecule has 1 heterocycles. The fraction of sp³-hybridized carbons (Fsp3) is 0.417. The first-order valence-electron chi connectivity index (χ1n) is 5.59. The highest BCUT2D eigenvalue weighted by Gasteiger charge is 2.34. The molecule has 0 bridgehead atoms. The smallest absolute Gasteiger partial charge is 0.243 e. The number of nitrogens with zero attached hydrogens (tertiary/aromatic N) is 2. The third-order valence-corrected chi connectivity index (χ3v) is 2.82. The molecule has 17 heavy (non-hydrogen) atoms. The van der Waals surface area contributed by atoms with Gasteiger partial charge in [-0.25, -0.2) is 4.39 Å². The first-order valence-corrected chi connectivity index (χ1v) is 5.59. The van der Waals surface area contributed by atoms with E-state index >= 15 is 0 Å². The van der Waals surface area contributed by atoms with Gasteiger partial charge in [-0.15, -0.1) is 0 Å². The van der Waals surface area contributed by atoms with Gasteiger partial charge in [0, 0.05) is 0 Å². The van der Waals surface area contributed by atoms with E-state index in [0.717, 1.165) is 0 Å². The molecule has 4 nitrogen and oxygen atoms in total. The largest absolute Gasteiger partial charge is 0.394 e. The minimum absolute atomic E-state index is 0.0177. The van der Waals surface area contributed by atoms with Crippen molar-refractivity contribution in [1.29, 1.82) is 0 Å². The Morgan fingerprint density at radius 1 is 1.53 bits per heavy atom. The molecule has 1 saturated heterocycles. The van der Waals surface area contributed by atoms with Gasteiger partial charge in [0.15, 0.2) is 0 Å². The van der Waals surface area contributed by atoms with Gasteiger partial charge in [0.25, 0.3) is 0 Å². The number of rotatable bonds is 3. The number of halogens is 1. The SMILES string of the molecule is CC1CC(=O)N(CCO)N1c1cccc(F)c1. The highest BCUT2D eigenvalue weighted by molar-refractivity contribution is 5.82. The van der Waals surface area contributed by atoms with Crippen LogP contribution in [0.3, 0.4) is 0 Å². The number of hydrazine groups is 1. The van der Waals surface area contributed by atoms with Crippen molar-refractivity contribution in [1.82, 2.24) is 5.01 Å². The zero-order chi connectivity index (χ0) is 12.4. The molecule has 0 radical (unpaired) electrons. The molecule has 0 spiro atoms. The quantitative estimate of drug-likeness (QED) is 0.859. The van der Waals surface area contributed by atoms with Crippen molar-refractivity contribution in [2.24, 2.45) is 0 Å². The van der Waals surface area contributed by atoms with Crippen molar-refractivity contribution < 1.29 is 14.3 Å². The van der Waals surface area contributed by atoms with Crippen LogP contribution >= 0.6 is 0 Å². The number of carbonyl (C=O) groups is 1. The van der Waals surface area contributed by atoms with Gasteiger partial charge >= 0.3 is 0 Å². The minimum atomic E-state index is -0.335. The van der Waals surface area contributed by atoms with Gasteiger partial charge in [0.1, 0.15) is 5.82 Å². The van der Waals surface area contributed by atoms with Crippen LogP contribution in [0.25, 0.3) is 0 Å². The minimum Gasteiger partial charge on any atom is -0.394 e. The van der Waals surface area contributed by atoms with Crippen LogP contribution < -0.4 is 5.01 Å². The second kappa shape index (κ2) is 4.71. The first kappa shape index (κ1) is 11.9. The van der Waals surface area contributed by atoms with E-state index in [1.165, 1.54) is 17.1 Å². The molecule has 1 N–H and O–H groups in total. The molecule has 1 aliphatic heterocycles. The Hall–Kier alpha value is -1.62. The van der Waals surface area contributed by atoms with Gasteiger partial charge in [-0.3, -0.25) is 14.8 Å². The number of anilines is 1. The van der Waals surface area contributed by atoms with Crippen LogP contribution in [0.4, 0.5) is 10.1 Å². The molecule has 1 unspecified atom stereocenters. The standard InChI is InChI=1S/C12H15FN2O2/c1-9-7-12(17)14(5-6-16)15(9)11-4-2-3-10(13)8-11/h2-4,8-9,16H,5-7H2,1H3. The molecular weight excluding hydrogens is 223 g/mol. The summed E-state index contributed by atoms with van der Waals surface area (Å²) in [6.45, 7) is 2.03. The van der Waals surface area contributed by atoms with E-state index in [-0.39, 0.29) is 30.9 Å². The molecule has 1 fully saturated rings. The molecule has 1 aromatic rings. The van der Waals surface area contributed by atoms with Gasteiger partial charge in [-0.2, -0.15) is 0 Å². The van der Waals surface area contributed by atoms with E-state index in [1.54, 1.807) is 17.1 Å². The molecule has 1 aromatic carbocycles. The lowest BCUT2D eigenvalue weighted by Crippen LogP contribution is -2.43. The summed E-state index contributed by atoms with van der Waals surface area (Å²) in [7, 11) is 0. The van der Waals surface area contributed by atoms with Crippen molar-refractivity contribution in [2.75, 3.05) is 18.2 Å². The molecule has 92 valence electrons. The molecule has 0 aromatic heterocycles. The van der Waals surface area contributed by atoms with Crippen LogP contribution in [0.2, 0.25) is 0 Å². The highest BCUT2D eigenvalue weighted by atomic mass is 19.1. The maximum Gasteiger partial charge on any atom is 0.243 e. The van der Waals surface area contributed by atoms with Gasteiger partial charge in [-0.05, 0) is 25.1 Å². The molecule has 0 saturated carbocycles. The third kappa shape index (κ3) is 2.24. The van der Waals surface area contributed by atoms with Gasteiger partial charge in [-0.1, -0.05) is 6.07 Å². The van der Waals surface area contributed by atoms with Crippen LogP contribution in [0, 0.1) is 5.82 Å². The second-order valence-electron chi connectivity index (χ2n) is 4.12. The number of amides is 1. The topological polar surface area (TPSA) is 43.8 Å². The maximum absolute atomic E-state index is 13.2. The molecule has 2 rings (SSSR count). The predicted molar refractivity (Wildman–Crippen MR) is 61.8 cm³/mol. The van der Waals surface area contributed by atoms with Gasteiger partial charge in [0.05, 0.1) is 31.3 Å². The summed E-state index contributed by atoms with van der Waals surface area (Å²) < 4.78 is 13.2. The zero-order valence-electron chi connectivity index (χ0n) is 9.64. The number of aliphatic hydroxyl groups is 1. The lowest BCUT2D eigenvalue weighted by Gasteiger charge is -2.32. The van der Waals surface area contributed by atoms with Crippen molar-refractivity contribution in [3.8, 4) is 0 Å². The number of carbonyl (C=O) groups excluding carboxylic acids is 1. The van der Waals surface area contributed by atoms with Crippen LogP contribution in [0.1, 0.15) is 13.3 Å². The summed E-state index contributed by atoms with van der Waals surface area (Å²) in [5.41, 5.74) is 0.636. The number of aliphatic hydroxyl groups excluding tert-OH is 1. The Kier molecular flexibility index (Phi) is 3.28. The van der Waals surface area contributed by atoms with Crippen LogP contribution in [0.15, 0.2) is 24.3 Å². The summed E-state index contributed by atoms with van der Waals surface area (Å²) in [6.07, 6.45) is 0.385. The van der Waals surface area contributed by atoms with Gasteiger partial charge in [0.2, 0.25) is 5.91 Å². The molecule has 5 heteroatoms. The van der Waals surface area contributed by atoms with E-state index in [2.05, 4.69) is 0 Å². The van der Waals surface area contributed by atoms with E-state index in [1.807, 2.05) is 6.92 Å². The number of benzene rings is 1. The highest BCUT2D eigenvalue weighted by Crippen LogP contribution is 2.27. The average molecular weight is 238 g/mol. The maximum atomic E-state index is 13.2. The Bertz CT molecular complexity index is 425. The van der Waals surface area contributed by atoms with Crippen molar-refractivity contribution >= 4 is 11.6 Å². The summed E-state index contributed by atoms with van der Waals surface area (Å²) in [5.74, 6) is -0.381. The van der Waals surface area contributed by atoms with E-state index in [4.69, 9.17) is 5.11 Å². The van der Waals surface area contributed by atoms with Crippen LogP contribution in [-0.2, 0) is 4.79 Å². The van der Waals surface area contributed by atoms with Crippen LogP contribution in [0.5, 0.6) is 0 Å². The van der Waals surface area contributed by atoms with E-state index < -0.39 is 0 Å². The molecule has 1 amide bonds. The number of hydrogen-bond acceptors (Lipinski definition) is 3. The molecule has 0 aliphatic carbocycles. The van der Waals surface area contributed by atoms with Gasteiger partial charge < -0.3 is 5.11 Å². The summed E-state index contributed by atoms with van der Waals surface area (Å²) in [5, 5.41) is 12.2. The predicted octanol–water partition coefficient (Wildman–Crippen LogP) is 1.16. The lowest BCUT2D eigenvalue weighted by molar-refractivity contribution is -0.128.